The maximum Gasteiger partial charge on any atom is 0.337 e. The topological polar surface area (TPSA) is 79.0 Å². The number of rotatable bonds is 7. The third-order valence-electron chi connectivity index (χ3n) is 7.88. The van der Waals surface area contributed by atoms with E-state index in [9.17, 15) is 13.2 Å². The Bertz CT molecular complexity index is 2360. The molecule has 0 atom stereocenters. The zero-order valence-electron chi connectivity index (χ0n) is 25.4. The molecule has 6 rings (SSSR count). The van der Waals surface area contributed by atoms with Crippen LogP contribution in [0.1, 0.15) is 15.9 Å². The number of para-hydroxylation sites is 1. The Labute approximate surface area is 276 Å². The monoisotopic (exact) mass is 664 g/mol. The molecular weight excluding hydrogens is 639 g/mol. The second-order valence-electron chi connectivity index (χ2n) is 10.7. The number of carbonyl (C=O) groups is 1. The van der Waals surface area contributed by atoms with Crippen LogP contribution in [-0.2, 0) is 14.8 Å². The Hall–Kier alpha value is -5.43. The molecule has 5 aromatic carbocycles. The molecule has 0 spiro atoms. The predicted octanol–water partition coefficient (Wildman–Crippen LogP) is 9.33. The highest BCUT2D eigenvalue weighted by molar-refractivity contribution is 7.90. The molecule has 47 heavy (non-hydrogen) atoms. The lowest BCUT2D eigenvalue weighted by molar-refractivity contribution is 0.0600. The van der Waals surface area contributed by atoms with E-state index in [2.05, 4.69) is 4.85 Å². The molecule has 0 saturated carbocycles. The lowest BCUT2D eigenvalue weighted by atomic mass is 9.94. The summed E-state index contributed by atoms with van der Waals surface area (Å²) in [6.45, 7) is 9.88. The first kappa shape index (κ1) is 31.5. The van der Waals surface area contributed by atoms with Crippen molar-refractivity contribution >= 4 is 44.2 Å². The first-order chi connectivity index (χ1) is 22.6. The van der Waals surface area contributed by atoms with Crippen molar-refractivity contribution in [2.75, 3.05) is 14.2 Å². The van der Waals surface area contributed by atoms with E-state index in [1.54, 1.807) is 66.7 Å². The average Bonchev–Trinajstić information content (AvgIpc) is 3.42. The first-order valence-electron chi connectivity index (χ1n) is 14.3. The molecule has 0 radical (unpaired) electrons. The Morgan fingerprint density at radius 2 is 1.60 bits per heavy atom. The quantitative estimate of drug-likeness (QED) is 0.126. The number of halogens is 2. The summed E-state index contributed by atoms with van der Waals surface area (Å²) in [5, 5.41) is 0.572. The molecule has 0 amide bonds. The summed E-state index contributed by atoms with van der Waals surface area (Å²) in [5.41, 5.74) is 4.11. The van der Waals surface area contributed by atoms with Gasteiger partial charge in [0.05, 0.1) is 42.5 Å². The lowest BCUT2D eigenvalue weighted by Gasteiger charge is -2.16. The molecule has 7 nitrogen and oxygen atoms in total. The Kier molecular flexibility index (Phi) is 8.32. The molecular formula is C37H26ClFN2O5S. The highest BCUT2D eigenvalue weighted by Crippen LogP contribution is 2.49. The fourth-order valence-corrected chi connectivity index (χ4v) is 7.50. The van der Waals surface area contributed by atoms with Crippen molar-refractivity contribution in [1.82, 2.24) is 3.97 Å². The molecule has 234 valence electrons. The molecule has 0 aliphatic carbocycles. The average molecular weight is 665 g/mol. The minimum atomic E-state index is -4.29. The van der Waals surface area contributed by atoms with Crippen LogP contribution >= 0.6 is 11.6 Å². The van der Waals surface area contributed by atoms with Gasteiger partial charge in [-0.15, -0.1) is 0 Å². The largest absolute Gasteiger partial charge is 0.508 e. The van der Waals surface area contributed by atoms with E-state index in [4.69, 9.17) is 27.6 Å². The van der Waals surface area contributed by atoms with Gasteiger partial charge in [0.25, 0.3) is 10.0 Å². The van der Waals surface area contributed by atoms with Crippen molar-refractivity contribution < 1.29 is 27.1 Å². The number of benzene rings is 5. The fraction of sp³-hybridized carbons (Fsp3) is 0.0811. The zero-order valence-corrected chi connectivity index (χ0v) is 27.0. The van der Waals surface area contributed by atoms with Crippen LogP contribution < -0.4 is 4.74 Å². The van der Waals surface area contributed by atoms with Crippen molar-refractivity contribution in [2.45, 2.75) is 11.8 Å². The van der Waals surface area contributed by atoms with Gasteiger partial charge in [0.1, 0.15) is 11.6 Å². The number of ether oxygens (including phenoxy) is 2. The normalized spacial score (nSPS) is 11.3. The number of fused-ring (bicyclic) bond motifs is 1. The van der Waals surface area contributed by atoms with Crippen LogP contribution in [0.25, 0.3) is 49.3 Å². The van der Waals surface area contributed by atoms with E-state index in [1.807, 2.05) is 6.92 Å². The molecule has 0 aliphatic heterocycles. The van der Waals surface area contributed by atoms with Crippen LogP contribution in [0, 0.1) is 19.3 Å². The number of hydrogen-bond acceptors (Lipinski definition) is 5. The number of hydrogen-bond donors (Lipinski definition) is 0. The SMILES string of the molecule is [C-]#[N+]c1c(OC)cccc1-c1c(-c2cccc(-c3ccc(C(=O)OC)cc3Cl)c2)n(S(=O)(=O)c2ccc(C)cc2)c2ccc(F)cc12. The van der Waals surface area contributed by atoms with E-state index >= 15 is 4.39 Å². The molecule has 1 aromatic heterocycles. The predicted molar refractivity (Wildman–Crippen MR) is 181 cm³/mol. The summed E-state index contributed by atoms with van der Waals surface area (Å²) in [5.74, 6) is -0.828. The minimum absolute atomic E-state index is 0.0331. The van der Waals surface area contributed by atoms with Crippen LogP contribution in [-0.4, -0.2) is 32.6 Å². The summed E-state index contributed by atoms with van der Waals surface area (Å²) in [6, 6.07) is 27.2. The van der Waals surface area contributed by atoms with Crippen molar-refractivity contribution in [2.24, 2.45) is 0 Å². The summed E-state index contributed by atoms with van der Waals surface area (Å²) >= 11 is 6.64. The van der Waals surface area contributed by atoms with E-state index in [-0.39, 0.29) is 38.1 Å². The van der Waals surface area contributed by atoms with Gasteiger partial charge in [-0.2, -0.15) is 0 Å². The number of aromatic nitrogens is 1. The number of methoxy groups -OCH3 is 2. The van der Waals surface area contributed by atoms with Gasteiger partial charge in [-0.05, 0) is 72.6 Å². The van der Waals surface area contributed by atoms with E-state index in [0.29, 0.717) is 33.2 Å². The van der Waals surface area contributed by atoms with Gasteiger partial charge in [-0.3, -0.25) is 0 Å². The molecule has 0 unspecified atom stereocenters. The Morgan fingerprint density at radius 3 is 2.28 bits per heavy atom. The fourth-order valence-electron chi connectivity index (χ4n) is 5.67. The molecule has 0 fully saturated rings. The van der Waals surface area contributed by atoms with Gasteiger partial charge in [0.2, 0.25) is 5.69 Å². The van der Waals surface area contributed by atoms with Crippen molar-refractivity contribution in [3.63, 3.8) is 0 Å². The standard InChI is InChI=1S/C37H26ClFN2O5S/c1-22-11-15-27(16-12-22)47(43,44)41-32-18-14-26(39)21-30(32)34(29-9-6-10-33(45-3)35(29)40-2)36(41)24-8-5-7-23(19-24)28-17-13-25(20-31(28)38)37(42)46-4/h5-21H,1,3-4H3. The highest BCUT2D eigenvalue weighted by atomic mass is 35.5. The number of nitrogens with zero attached hydrogens (tertiary/aromatic N) is 2. The number of carbonyl (C=O) groups excluding carboxylic acids is 1. The summed E-state index contributed by atoms with van der Waals surface area (Å²) < 4.78 is 55.8. The van der Waals surface area contributed by atoms with Gasteiger partial charge >= 0.3 is 5.97 Å². The van der Waals surface area contributed by atoms with Crippen LogP contribution in [0.3, 0.4) is 0 Å². The van der Waals surface area contributed by atoms with Gasteiger partial charge in [0.15, 0.2) is 0 Å². The van der Waals surface area contributed by atoms with Crippen LogP contribution in [0.5, 0.6) is 5.75 Å². The third kappa shape index (κ3) is 5.52. The summed E-state index contributed by atoms with van der Waals surface area (Å²) in [7, 11) is -1.57. The molecule has 0 saturated heterocycles. The highest BCUT2D eigenvalue weighted by Gasteiger charge is 2.30. The van der Waals surface area contributed by atoms with Crippen LogP contribution in [0.2, 0.25) is 5.02 Å². The van der Waals surface area contributed by atoms with Crippen LogP contribution in [0.15, 0.2) is 108 Å². The smallest absolute Gasteiger partial charge is 0.337 e. The molecule has 6 aromatic rings. The molecule has 0 N–H and O–H groups in total. The second-order valence-corrected chi connectivity index (χ2v) is 12.9. The van der Waals surface area contributed by atoms with Gasteiger partial charge in [-0.1, -0.05) is 65.7 Å². The summed E-state index contributed by atoms with van der Waals surface area (Å²) in [4.78, 5) is 15.9. The van der Waals surface area contributed by atoms with Crippen molar-refractivity contribution in [1.29, 1.82) is 0 Å². The van der Waals surface area contributed by atoms with E-state index in [1.165, 1.54) is 54.6 Å². The molecule has 1 heterocycles. The van der Waals surface area contributed by atoms with E-state index in [0.717, 1.165) is 5.56 Å². The van der Waals surface area contributed by atoms with Crippen LogP contribution in [0.4, 0.5) is 10.1 Å². The first-order valence-corrected chi connectivity index (χ1v) is 16.1. The van der Waals surface area contributed by atoms with Crippen molar-refractivity contribution in [3.05, 3.63) is 137 Å². The van der Waals surface area contributed by atoms with Gasteiger partial charge < -0.3 is 9.47 Å². The lowest BCUT2D eigenvalue weighted by Crippen LogP contribution is -2.14. The maximum atomic E-state index is 15.0. The number of aryl methyl sites for hydroxylation is 1. The third-order valence-corrected chi connectivity index (χ3v) is 9.92. The number of esters is 1. The van der Waals surface area contributed by atoms with Crippen molar-refractivity contribution in [3.8, 4) is 39.3 Å². The van der Waals surface area contributed by atoms with E-state index < -0.39 is 21.8 Å². The second kappa shape index (κ2) is 12.4. The zero-order chi connectivity index (χ0) is 33.5. The Balaban J connectivity index is 1.74. The maximum absolute atomic E-state index is 15.0. The molecule has 0 aliphatic rings. The minimum Gasteiger partial charge on any atom is -0.508 e. The van der Waals surface area contributed by atoms with Gasteiger partial charge in [0, 0.05) is 27.1 Å². The summed E-state index contributed by atoms with van der Waals surface area (Å²) in [6.07, 6.45) is 0. The Morgan fingerprint density at radius 1 is 0.872 bits per heavy atom. The molecule has 0 bridgehead atoms. The molecule has 10 heteroatoms. The van der Waals surface area contributed by atoms with Gasteiger partial charge in [-0.25, -0.2) is 26.4 Å².